The van der Waals surface area contributed by atoms with Gasteiger partial charge in [0.2, 0.25) is 10.0 Å². The molecule has 1 fully saturated rings. The Labute approximate surface area is 167 Å². The zero-order valence-corrected chi connectivity index (χ0v) is 16.8. The molecule has 0 N–H and O–H groups in total. The fraction of sp³-hybridized carbons (Fsp3) is 0.316. The molecule has 0 saturated carbocycles. The topological polar surface area (TPSA) is 87.9 Å². The molecule has 0 unspecified atom stereocenters. The minimum Gasteiger partial charge on any atom is -0.333 e. The fourth-order valence-electron chi connectivity index (χ4n) is 3.46. The minimum atomic E-state index is -3.63. The lowest BCUT2D eigenvalue weighted by atomic mass is 10.2. The molecule has 4 rings (SSSR count). The summed E-state index contributed by atoms with van der Waals surface area (Å²) in [7, 11) is -3.63. The molecule has 2 aromatic heterocycles. The van der Waals surface area contributed by atoms with Gasteiger partial charge < -0.3 is 4.90 Å². The maximum atomic E-state index is 13.3. The summed E-state index contributed by atoms with van der Waals surface area (Å²) in [6.45, 7) is 4.31. The van der Waals surface area contributed by atoms with Crippen LogP contribution in [0, 0.1) is 12.7 Å². The van der Waals surface area contributed by atoms with E-state index >= 15 is 0 Å². The molecule has 1 atom stereocenters. The summed E-state index contributed by atoms with van der Waals surface area (Å²) in [5.74, 6) is -0.859. The molecule has 0 spiro atoms. The summed E-state index contributed by atoms with van der Waals surface area (Å²) >= 11 is 0. The molecule has 3 heterocycles. The Morgan fingerprint density at radius 1 is 1.17 bits per heavy atom. The Bertz CT molecular complexity index is 1180. The van der Waals surface area contributed by atoms with Gasteiger partial charge in [0.25, 0.3) is 5.91 Å². The number of benzene rings is 1. The molecule has 1 aromatic carbocycles. The van der Waals surface area contributed by atoms with Gasteiger partial charge in [-0.3, -0.25) is 4.79 Å². The second-order valence-corrected chi connectivity index (χ2v) is 9.06. The van der Waals surface area contributed by atoms with E-state index in [-0.39, 0.29) is 47.7 Å². The molecule has 1 aliphatic heterocycles. The number of piperazine rings is 1. The highest BCUT2D eigenvalue weighted by Crippen LogP contribution is 2.22. The van der Waals surface area contributed by atoms with Crippen LogP contribution in [-0.4, -0.2) is 63.8 Å². The smallest absolute Gasteiger partial charge is 0.259 e. The molecular weight excluding hydrogens is 397 g/mol. The first-order chi connectivity index (χ1) is 13.8. The molecule has 29 heavy (non-hydrogen) atoms. The number of amides is 1. The second-order valence-electron chi connectivity index (χ2n) is 7.12. The summed E-state index contributed by atoms with van der Waals surface area (Å²) in [5.41, 5.74) is 1.50. The third kappa shape index (κ3) is 3.49. The van der Waals surface area contributed by atoms with Crippen LogP contribution in [0.25, 0.3) is 5.65 Å². The number of rotatable bonds is 3. The van der Waals surface area contributed by atoms with Gasteiger partial charge >= 0.3 is 0 Å². The molecule has 10 heteroatoms. The van der Waals surface area contributed by atoms with Crippen molar-refractivity contribution in [2.45, 2.75) is 24.8 Å². The van der Waals surface area contributed by atoms with Crippen LogP contribution in [0.5, 0.6) is 0 Å². The Morgan fingerprint density at radius 3 is 2.59 bits per heavy atom. The van der Waals surface area contributed by atoms with E-state index in [2.05, 4.69) is 10.1 Å². The Kier molecular flexibility index (Phi) is 4.83. The third-order valence-electron chi connectivity index (χ3n) is 5.07. The number of carbonyl (C=O) groups is 1. The summed E-state index contributed by atoms with van der Waals surface area (Å²) in [4.78, 5) is 18.8. The van der Waals surface area contributed by atoms with Gasteiger partial charge in [0.15, 0.2) is 11.5 Å². The van der Waals surface area contributed by atoms with E-state index in [0.29, 0.717) is 0 Å². The largest absolute Gasteiger partial charge is 0.333 e. The Morgan fingerprint density at radius 2 is 1.90 bits per heavy atom. The van der Waals surface area contributed by atoms with Crippen LogP contribution < -0.4 is 0 Å². The molecule has 3 aromatic rings. The average molecular weight is 417 g/mol. The summed E-state index contributed by atoms with van der Waals surface area (Å²) < 4.78 is 41.8. The van der Waals surface area contributed by atoms with Gasteiger partial charge in [-0.15, -0.1) is 0 Å². The van der Waals surface area contributed by atoms with Crippen LogP contribution in [0.2, 0.25) is 0 Å². The van der Waals surface area contributed by atoms with Crippen LogP contribution in [0.3, 0.4) is 0 Å². The monoisotopic (exact) mass is 417 g/mol. The van der Waals surface area contributed by atoms with Gasteiger partial charge in [-0.2, -0.15) is 9.40 Å². The van der Waals surface area contributed by atoms with Gasteiger partial charge in [-0.1, -0.05) is 17.7 Å². The van der Waals surface area contributed by atoms with Crippen LogP contribution in [0.4, 0.5) is 4.39 Å². The number of nitrogens with zero attached hydrogens (tertiary/aromatic N) is 5. The zero-order chi connectivity index (χ0) is 20.8. The number of aromatic nitrogens is 3. The van der Waals surface area contributed by atoms with E-state index in [0.717, 1.165) is 18.0 Å². The molecular formula is C19H20FN5O3S. The lowest BCUT2D eigenvalue weighted by Crippen LogP contribution is -2.55. The van der Waals surface area contributed by atoms with E-state index in [1.54, 1.807) is 36.1 Å². The SMILES string of the molecule is Cc1ccc(S(=O)(=O)N2CCN(C(=O)c3cnn4cc(F)cnc34)[C@@H](C)C2)cc1. The maximum Gasteiger partial charge on any atom is 0.259 e. The normalized spacial score (nSPS) is 18.3. The number of halogens is 1. The highest BCUT2D eigenvalue weighted by molar-refractivity contribution is 7.89. The number of sulfonamides is 1. The first-order valence-electron chi connectivity index (χ1n) is 9.14. The van der Waals surface area contributed by atoms with Gasteiger partial charge in [-0.25, -0.2) is 22.3 Å². The number of aryl methyl sites for hydroxylation is 1. The average Bonchev–Trinajstić information content (AvgIpc) is 3.10. The van der Waals surface area contributed by atoms with Crippen molar-refractivity contribution in [3.8, 4) is 0 Å². The van der Waals surface area contributed by atoms with Crippen molar-refractivity contribution in [3.63, 3.8) is 0 Å². The van der Waals surface area contributed by atoms with Gasteiger partial charge in [0.1, 0.15) is 5.56 Å². The van der Waals surface area contributed by atoms with E-state index in [1.165, 1.54) is 15.0 Å². The summed E-state index contributed by atoms with van der Waals surface area (Å²) in [6, 6.07) is 6.37. The van der Waals surface area contributed by atoms with Crippen molar-refractivity contribution < 1.29 is 17.6 Å². The quantitative estimate of drug-likeness (QED) is 0.648. The predicted octanol–water partition coefficient (Wildman–Crippen LogP) is 1.71. The molecule has 0 radical (unpaired) electrons. The lowest BCUT2D eigenvalue weighted by molar-refractivity contribution is 0.0593. The van der Waals surface area contributed by atoms with E-state index in [9.17, 15) is 17.6 Å². The lowest BCUT2D eigenvalue weighted by Gasteiger charge is -2.39. The Hall–Kier alpha value is -2.85. The number of fused-ring (bicyclic) bond motifs is 1. The van der Waals surface area contributed by atoms with Crippen LogP contribution in [-0.2, 0) is 10.0 Å². The molecule has 0 bridgehead atoms. The van der Waals surface area contributed by atoms with Crippen molar-refractivity contribution in [1.29, 1.82) is 0 Å². The second kappa shape index (κ2) is 7.20. The van der Waals surface area contributed by atoms with Gasteiger partial charge in [-0.05, 0) is 26.0 Å². The fourth-order valence-corrected chi connectivity index (χ4v) is 4.97. The summed E-state index contributed by atoms with van der Waals surface area (Å²) in [5, 5.41) is 3.98. The van der Waals surface area contributed by atoms with Crippen LogP contribution in [0.15, 0.2) is 47.8 Å². The Balaban J connectivity index is 1.54. The maximum absolute atomic E-state index is 13.3. The van der Waals surface area contributed by atoms with E-state index in [1.807, 2.05) is 6.92 Å². The van der Waals surface area contributed by atoms with Gasteiger partial charge in [0.05, 0.1) is 23.5 Å². The highest BCUT2D eigenvalue weighted by atomic mass is 32.2. The first-order valence-corrected chi connectivity index (χ1v) is 10.6. The molecule has 1 aliphatic rings. The van der Waals surface area contributed by atoms with Crippen molar-refractivity contribution in [1.82, 2.24) is 23.8 Å². The minimum absolute atomic E-state index is 0.184. The molecule has 8 nitrogen and oxygen atoms in total. The van der Waals surface area contributed by atoms with E-state index in [4.69, 9.17) is 0 Å². The standard InChI is InChI=1S/C19H20FN5O3S/c1-13-3-5-16(6-4-13)29(27,28)23-7-8-24(14(2)11-23)19(26)17-10-22-25-12-15(20)9-21-18(17)25/h3-6,9-10,12,14H,7-8,11H2,1-2H3/t14-/m0/s1. The molecule has 152 valence electrons. The number of hydrogen-bond donors (Lipinski definition) is 0. The van der Waals surface area contributed by atoms with Crippen molar-refractivity contribution in [2.75, 3.05) is 19.6 Å². The molecule has 1 saturated heterocycles. The number of carbonyl (C=O) groups excluding carboxylic acids is 1. The zero-order valence-electron chi connectivity index (χ0n) is 16.0. The summed E-state index contributed by atoms with van der Waals surface area (Å²) in [6.07, 6.45) is 3.53. The van der Waals surface area contributed by atoms with Crippen molar-refractivity contribution >= 4 is 21.6 Å². The highest BCUT2D eigenvalue weighted by Gasteiger charge is 2.35. The van der Waals surface area contributed by atoms with Crippen molar-refractivity contribution in [2.24, 2.45) is 0 Å². The van der Waals surface area contributed by atoms with E-state index < -0.39 is 15.8 Å². The molecule has 0 aliphatic carbocycles. The third-order valence-corrected chi connectivity index (χ3v) is 6.94. The number of hydrogen-bond acceptors (Lipinski definition) is 5. The van der Waals surface area contributed by atoms with Crippen LogP contribution >= 0.6 is 0 Å². The van der Waals surface area contributed by atoms with Gasteiger partial charge in [0, 0.05) is 25.7 Å². The van der Waals surface area contributed by atoms with Crippen molar-refractivity contribution in [3.05, 3.63) is 59.8 Å². The molecule has 1 amide bonds. The first kappa shape index (κ1) is 19.5. The van der Waals surface area contributed by atoms with Crippen LogP contribution in [0.1, 0.15) is 22.8 Å². The predicted molar refractivity (Wildman–Crippen MR) is 103 cm³/mol.